The molecule has 1 unspecified atom stereocenters. The number of ether oxygens (including phenoxy) is 2. The molecule has 1 N–H and O–H groups in total. The first-order valence-electron chi connectivity index (χ1n) is 9.50. The molecule has 4 rings (SSSR count). The Morgan fingerprint density at radius 1 is 0.926 bits per heavy atom. The molecule has 0 saturated heterocycles. The average molecular weight is 359 g/mol. The van der Waals surface area contributed by atoms with Crippen LogP contribution in [0.5, 0.6) is 11.5 Å². The van der Waals surface area contributed by atoms with Crippen LogP contribution >= 0.6 is 0 Å². The molecule has 1 heterocycles. The number of methoxy groups -OCH3 is 1. The Labute approximate surface area is 161 Å². The van der Waals surface area contributed by atoms with Crippen molar-refractivity contribution in [3.63, 3.8) is 0 Å². The van der Waals surface area contributed by atoms with Gasteiger partial charge in [-0.1, -0.05) is 48.5 Å². The fourth-order valence-electron chi connectivity index (χ4n) is 3.65. The second kappa shape index (κ2) is 8.28. The van der Waals surface area contributed by atoms with Gasteiger partial charge in [-0.3, -0.25) is 0 Å². The van der Waals surface area contributed by atoms with Crippen molar-refractivity contribution in [1.29, 1.82) is 0 Å². The van der Waals surface area contributed by atoms with Crippen LogP contribution in [0.2, 0.25) is 0 Å². The SMILES string of the molecule is COc1ccc2c(c1)CCNC2c1ccc(OCCc2ccccc2)cc1. The topological polar surface area (TPSA) is 30.5 Å². The quantitative estimate of drug-likeness (QED) is 0.700. The molecule has 27 heavy (non-hydrogen) atoms. The lowest BCUT2D eigenvalue weighted by Gasteiger charge is -2.28. The lowest BCUT2D eigenvalue weighted by atomic mass is 9.90. The van der Waals surface area contributed by atoms with E-state index in [1.54, 1.807) is 7.11 Å². The molecule has 0 radical (unpaired) electrons. The third-order valence-electron chi connectivity index (χ3n) is 5.12. The van der Waals surface area contributed by atoms with E-state index in [-0.39, 0.29) is 6.04 Å². The van der Waals surface area contributed by atoms with E-state index < -0.39 is 0 Å². The third-order valence-corrected chi connectivity index (χ3v) is 5.12. The summed E-state index contributed by atoms with van der Waals surface area (Å²) in [6, 6.07) is 25.5. The summed E-state index contributed by atoms with van der Waals surface area (Å²) in [5.74, 6) is 1.84. The number of fused-ring (bicyclic) bond motifs is 1. The van der Waals surface area contributed by atoms with Gasteiger partial charge in [-0.2, -0.15) is 0 Å². The minimum Gasteiger partial charge on any atom is -0.497 e. The summed E-state index contributed by atoms with van der Waals surface area (Å²) in [5.41, 5.74) is 5.25. The lowest BCUT2D eigenvalue weighted by Crippen LogP contribution is -2.30. The van der Waals surface area contributed by atoms with E-state index in [2.05, 4.69) is 66.0 Å². The summed E-state index contributed by atoms with van der Waals surface area (Å²) >= 11 is 0. The van der Waals surface area contributed by atoms with Crippen molar-refractivity contribution >= 4 is 0 Å². The van der Waals surface area contributed by atoms with Gasteiger partial charge in [0.1, 0.15) is 11.5 Å². The Kier molecular flexibility index (Phi) is 5.40. The second-order valence-electron chi connectivity index (χ2n) is 6.85. The van der Waals surface area contributed by atoms with Crippen molar-refractivity contribution in [3.8, 4) is 11.5 Å². The van der Waals surface area contributed by atoms with Crippen molar-refractivity contribution in [2.75, 3.05) is 20.3 Å². The predicted octanol–water partition coefficient (Wildman–Crippen LogP) is 4.55. The van der Waals surface area contributed by atoms with Crippen LogP contribution in [-0.4, -0.2) is 20.3 Å². The number of benzene rings is 3. The van der Waals surface area contributed by atoms with Crippen molar-refractivity contribution in [3.05, 3.63) is 95.1 Å². The van der Waals surface area contributed by atoms with Gasteiger partial charge >= 0.3 is 0 Å². The van der Waals surface area contributed by atoms with Crippen molar-refractivity contribution in [2.24, 2.45) is 0 Å². The van der Waals surface area contributed by atoms with Crippen molar-refractivity contribution in [2.45, 2.75) is 18.9 Å². The monoisotopic (exact) mass is 359 g/mol. The molecule has 0 saturated carbocycles. The third kappa shape index (κ3) is 4.15. The summed E-state index contributed by atoms with van der Waals surface area (Å²) in [6.07, 6.45) is 1.95. The van der Waals surface area contributed by atoms with E-state index in [9.17, 15) is 0 Å². The maximum atomic E-state index is 5.92. The first kappa shape index (κ1) is 17.6. The highest BCUT2D eigenvalue weighted by molar-refractivity contribution is 5.44. The molecule has 0 fully saturated rings. The van der Waals surface area contributed by atoms with Gasteiger partial charge in [-0.15, -0.1) is 0 Å². The van der Waals surface area contributed by atoms with E-state index in [1.165, 1.54) is 22.3 Å². The molecule has 0 amide bonds. The molecule has 1 atom stereocenters. The molecular weight excluding hydrogens is 334 g/mol. The normalized spacial score (nSPS) is 15.8. The van der Waals surface area contributed by atoms with Gasteiger partial charge in [-0.05, 0) is 52.9 Å². The number of rotatable bonds is 6. The summed E-state index contributed by atoms with van der Waals surface area (Å²) in [6.45, 7) is 1.66. The maximum Gasteiger partial charge on any atom is 0.119 e. The summed E-state index contributed by atoms with van der Waals surface area (Å²) in [7, 11) is 1.72. The Hall–Kier alpha value is -2.78. The van der Waals surface area contributed by atoms with Crippen LogP contribution < -0.4 is 14.8 Å². The van der Waals surface area contributed by atoms with E-state index >= 15 is 0 Å². The zero-order chi connectivity index (χ0) is 18.5. The van der Waals surface area contributed by atoms with Gasteiger partial charge in [0.05, 0.1) is 19.8 Å². The highest BCUT2D eigenvalue weighted by Gasteiger charge is 2.21. The first-order valence-corrected chi connectivity index (χ1v) is 9.50. The van der Waals surface area contributed by atoms with E-state index in [1.807, 2.05) is 12.1 Å². The Morgan fingerprint density at radius 2 is 1.70 bits per heavy atom. The van der Waals surface area contributed by atoms with Crippen LogP contribution in [0.3, 0.4) is 0 Å². The van der Waals surface area contributed by atoms with Crippen LogP contribution in [0.1, 0.15) is 28.3 Å². The molecule has 3 aromatic carbocycles. The fraction of sp³-hybridized carbons (Fsp3) is 0.250. The fourth-order valence-corrected chi connectivity index (χ4v) is 3.65. The highest BCUT2D eigenvalue weighted by Crippen LogP contribution is 2.31. The molecule has 0 aliphatic carbocycles. The largest absolute Gasteiger partial charge is 0.497 e. The standard InChI is InChI=1S/C24H25NO2/c1-26-22-11-12-23-20(17-22)13-15-25-24(23)19-7-9-21(10-8-19)27-16-14-18-5-3-2-4-6-18/h2-12,17,24-25H,13-16H2,1H3. The summed E-state index contributed by atoms with van der Waals surface area (Å²) < 4.78 is 11.3. The molecule has 0 bridgehead atoms. The van der Waals surface area contributed by atoms with Crippen LogP contribution in [0.4, 0.5) is 0 Å². The lowest BCUT2D eigenvalue weighted by molar-refractivity contribution is 0.322. The zero-order valence-electron chi connectivity index (χ0n) is 15.7. The Bertz CT molecular complexity index is 875. The average Bonchev–Trinajstić information content (AvgIpc) is 2.74. The molecule has 0 aromatic heterocycles. The molecule has 3 nitrogen and oxygen atoms in total. The zero-order valence-corrected chi connectivity index (χ0v) is 15.7. The molecule has 138 valence electrons. The molecule has 1 aliphatic heterocycles. The van der Waals surface area contributed by atoms with E-state index in [0.29, 0.717) is 6.61 Å². The van der Waals surface area contributed by atoms with Crippen LogP contribution in [0.15, 0.2) is 72.8 Å². The molecular formula is C24H25NO2. The first-order chi connectivity index (χ1) is 13.3. The molecule has 0 spiro atoms. The highest BCUT2D eigenvalue weighted by atomic mass is 16.5. The molecule has 3 aromatic rings. The minimum absolute atomic E-state index is 0.220. The van der Waals surface area contributed by atoms with Crippen LogP contribution in [0, 0.1) is 0 Å². The predicted molar refractivity (Wildman–Crippen MR) is 109 cm³/mol. The van der Waals surface area contributed by atoms with Gasteiger partial charge < -0.3 is 14.8 Å². The molecule has 1 aliphatic rings. The van der Waals surface area contributed by atoms with Gasteiger partial charge in [0, 0.05) is 13.0 Å². The number of nitrogens with one attached hydrogen (secondary N) is 1. The summed E-state index contributed by atoms with van der Waals surface area (Å²) in [4.78, 5) is 0. The van der Waals surface area contributed by atoms with Crippen LogP contribution in [0.25, 0.3) is 0 Å². The number of hydrogen-bond acceptors (Lipinski definition) is 3. The van der Waals surface area contributed by atoms with E-state index in [4.69, 9.17) is 9.47 Å². The molecule has 3 heteroatoms. The Morgan fingerprint density at radius 3 is 2.48 bits per heavy atom. The second-order valence-corrected chi connectivity index (χ2v) is 6.85. The number of hydrogen-bond donors (Lipinski definition) is 1. The summed E-state index contributed by atoms with van der Waals surface area (Å²) in [5, 5.41) is 3.63. The minimum atomic E-state index is 0.220. The Balaban J connectivity index is 1.42. The smallest absolute Gasteiger partial charge is 0.119 e. The van der Waals surface area contributed by atoms with Gasteiger partial charge in [0.25, 0.3) is 0 Å². The van der Waals surface area contributed by atoms with Gasteiger partial charge in [0.2, 0.25) is 0 Å². The maximum absolute atomic E-state index is 5.92. The van der Waals surface area contributed by atoms with Crippen LogP contribution in [-0.2, 0) is 12.8 Å². The van der Waals surface area contributed by atoms with Gasteiger partial charge in [-0.25, -0.2) is 0 Å². The van der Waals surface area contributed by atoms with Crippen molar-refractivity contribution in [1.82, 2.24) is 5.32 Å². The van der Waals surface area contributed by atoms with Gasteiger partial charge in [0.15, 0.2) is 0 Å². The van der Waals surface area contributed by atoms with Crippen molar-refractivity contribution < 1.29 is 9.47 Å². The van der Waals surface area contributed by atoms with E-state index in [0.717, 1.165) is 30.9 Å².